The smallest absolute Gasteiger partial charge is 0.478 e. The molecule has 1 N–H and O–H groups in total. The van der Waals surface area contributed by atoms with Gasteiger partial charge in [0.15, 0.2) is 5.12 Å². The van der Waals surface area contributed by atoms with Crippen molar-refractivity contribution < 1.29 is 24.0 Å². The van der Waals surface area contributed by atoms with Crippen molar-refractivity contribution in [3.8, 4) is 0 Å². The lowest BCUT2D eigenvalue weighted by Crippen LogP contribution is -2.41. The Hall–Kier alpha value is -1.09. The maximum absolute atomic E-state index is 11.6. The largest absolute Gasteiger partial charge is 0.491 e. The topological polar surface area (TPSA) is 72.8 Å². The molecule has 1 aromatic carbocycles. The SMILES string of the molecule is CC(=O)SCC(=Cc1ccc(Br)cc1C(=O)O)B1OC(C)(C)C(C)(C)O1. The molecule has 0 aromatic heterocycles. The molecule has 0 spiro atoms. The van der Waals surface area contributed by atoms with E-state index in [9.17, 15) is 14.7 Å². The monoisotopic (exact) mass is 440 g/mol. The van der Waals surface area contributed by atoms with Crippen LogP contribution in [0.15, 0.2) is 28.1 Å². The zero-order valence-electron chi connectivity index (χ0n) is 15.5. The fourth-order valence-electron chi connectivity index (χ4n) is 2.40. The van der Waals surface area contributed by atoms with Crippen LogP contribution in [0.3, 0.4) is 0 Å². The van der Waals surface area contributed by atoms with Gasteiger partial charge in [-0.1, -0.05) is 39.8 Å². The molecule has 1 aliphatic heterocycles. The predicted molar refractivity (Wildman–Crippen MR) is 108 cm³/mol. The molecule has 1 heterocycles. The highest BCUT2D eigenvalue weighted by Gasteiger charge is 2.52. The number of rotatable bonds is 5. The minimum Gasteiger partial charge on any atom is -0.478 e. The second-order valence-electron chi connectivity index (χ2n) is 7.12. The molecule has 0 atom stereocenters. The highest BCUT2D eigenvalue weighted by Crippen LogP contribution is 2.39. The summed E-state index contributed by atoms with van der Waals surface area (Å²) in [5.74, 6) is -0.661. The van der Waals surface area contributed by atoms with Gasteiger partial charge < -0.3 is 14.4 Å². The zero-order chi connectivity index (χ0) is 19.7. The second kappa shape index (κ2) is 7.88. The fraction of sp³-hybridized carbons (Fsp3) is 0.444. The van der Waals surface area contributed by atoms with Gasteiger partial charge in [0.25, 0.3) is 0 Å². The average molecular weight is 441 g/mol. The molecule has 5 nitrogen and oxygen atoms in total. The summed E-state index contributed by atoms with van der Waals surface area (Å²) in [5, 5.41) is 9.45. The number of thioether (sulfide) groups is 1. The normalized spacial score (nSPS) is 18.8. The Kier molecular flexibility index (Phi) is 6.43. The lowest BCUT2D eigenvalue weighted by Gasteiger charge is -2.32. The Labute approximate surface area is 166 Å². The predicted octanol–water partition coefficient (Wildman–Crippen LogP) is 4.44. The molecule has 0 amide bonds. The van der Waals surface area contributed by atoms with Crippen molar-refractivity contribution in [2.45, 2.75) is 45.8 Å². The highest BCUT2D eigenvalue weighted by molar-refractivity contribution is 9.10. The van der Waals surface area contributed by atoms with Crippen molar-refractivity contribution in [2.75, 3.05) is 5.75 Å². The van der Waals surface area contributed by atoms with E-state index < -0.39 is 24.3 Å². The van der Waals surface area contributed by atoms with Crippen molar-refractivity contribution in [1.82, 2.24) is 0 Å². The van der Waals surface area contributed by atoms with E-state index in [1.807, 2.05) is 27.7 Å². The van der Waals surface area contributed by atoms with E-state index in [0.717, 1.165) is 11.8 Å². The first-order chi connectivity index (χ1) is 11.9. The summed E-state index contributed by atoms with van der Waals surface area (Å²) in [6, 6.07) is 5.05. The van der Waals surface area contributed by atoms with E-state index in [-0.39, 0.29) is 10.7 Å². The quantitative estimate of drug-likeness (QED) is 0.682. The first-order valence-electron chi connectivity index (χ1n) is 8.15. The molecule has 1 saturated heterocycles. The van der Waals surface area contributed by atoms with Gasteiger partial charge in [0.1, 0.15) is 0 Å². The van der Waals surface area contributed by atoms with Crippen LogP contribution in [0.4, 0.5) is 0 Å². The van der Waals surface area contributed by atoms with Crippen LogP contribution in [-0.2, 0) is 14.1 Å². The third-order valence-electron chi connectivity index (χ3n) is 4.58. The minimum atomic E-state index is -1.02. The van der Waals surface area contributed by atoms with Crippen molar-refractivity contribution in [3.63, 3.8) is 0 Å². The van der Waals surface area contributed by atoms with Gasteiger partial charge in [0, 0.05) is 17.1 Å². The maximum atomic E-state index is 11.6. The molecule has 2 rings (SSSR count). The Morgan fingerprint density at radius 3 is 2.31 bits per heavy atom. The average Bonchev–Trinajstić information content (AvgIpc) is 2.72. The first kappa shape index (κ1) is 21.2. The van der Waals surface area contributed by atoms with Crippen LogP contribution in [0.2, 0.25) is 0 Å². The van der Waals surface area contributed by atoms with Gasteiger partial charge in [0.2, 0.25) is 0 Å². The van der Waals surface area contributed by atoms with Crippen LogP contribution in [0, 0.1) is 0 Å². The van der Waals surface area contributed by atoms with Crippen LogP contribution in [0.5, 0.6) is 0 Å². The second-order valence-corrected chi connectivity index (χ2v) is 9.19. The van der Waals surface area contributed by atoms with E-state index in [1.165, 1.54) is 6.92 Å². The maximum Gasteiger partial charge on any atom is 0.491 e. The number of carbonyl (C=O) groups is 2. The summed E-state index contributed by atoms with van der Waals surface area (Å²) in [6.45, 7) is 9.29. The first-order valence-corrected chi connectivity index (χ1v) is 9.93. The summed E-state index contributed by atoms with van der Waals surface area (Å²) in [5.41, 5.74) is 0.379. The van der Waals surface area contributed by atoms with E-state index in [2.05, 4.69) is 15.9 Å². The third kappa shape index (κ3) is 4.79. The lowest BCUT2D eigenvalue weighted by atomic mass is 9.78. The van der Waals surface area contributed by atoms with E-state index in [0.29, 0.717) is 21.3 Å². The summed E-state index contributed by atoms with van der Waals surface area (Å²) < 4.78 is 12.8. The van der Waals surface area contributed by atoms with Gasteiger partial charge in [-0.2, -0.15) is 0 Å². The fourth-order valence-corrected chi connectivity index (χ4v) is 3.35. The summed E-state index contributed by atoms with van der Waals surface area (Å²) in [6.07, 6.45) is 1.74. The van der Waals surface area contributed by atoms with Crippen LogP contribution in [-0.4, -0.2) is 40.3 Å². The molecule has 0 unspecified atom stereocenters. The number of carbonyl (C=O) groups excluding carboxylic acids is 1. The molecule has 1 fully saturated rings. The van der Waals surface area contributed by atoms with Crippen LogP contribution < -0.4 is 0 Å². The van der Waals surface area contributed by atoms with E-state index >= 15 is 0 Å². The zero-order valence-corrected chi connectivity index (χ0v) is 17.9. The molecule has 0 bridgehead atoms. The van der Waals surface area contributed by atoms with E-state index in [1.54, 1.807) is 24.3 Å². The molecule has 1 aliphatic rings. The highest BCUT2D eigenvalue weighted by atomic mass is 79.9. The molecular formula is C18H22BBrO5S. The van der Waals surface area contributed by atoms with Crippen molar-refractivity contribution in [2.24, 2.45) is 0 Å². The van der Waals surface area contributed by atoms with E-state index in [4.69, 9.17) is 9.31 Å². The molecule has 1 aromatic rings. The number of aromatic carboxylic acids is 1. The molecular weight excluding hydrogens is 419 g/mol. The summed E-state index contributed by atoms with van der Waals surface area (Å²) >= 11 is 4.43. The molecule has 8 heteroatoms. The van der Waals surface area contributed by atoms with Gasteiger partial charge in [-0.25, -0.2) is 4.79 Å². The summed E-state index contributed by atoms with van der Waals surface area (Å²) in [7, 11) is -0.642. The van der Waals surface area contributed by atoms with Crippen LogP contribution >= 0.6 is 27.7 Å². The number of benzene rings is 1. The Balaban J connectivity index is 2.45. The molecule has 0 saturated carbocycles. The standard InChI is InChI=1S/C18H22BBrO5S/c1-11(21)26-10-13(19-24-17(2,3)18(4,5)25-19)8-12-6-7-14(20)9-15(12)16(22)23/h6-9H,10H2,1-5H3,(H,22,23). The van der Waals surface area contributed by atoms with Crippen molar-refractivity contribution in [1.29, 1.82) is 0 Å². The molecule has 140 valence electrons. The Morgan fingerprint density at radius 2 is 1.81 bits per heavy atom. The Morgan fingerprint density at radius 1 is 1.23 bits per heavy atom. The molecule has 0 aliphatic carbocycles. The van der Waals surface area contributed by atoms with Crippen LogP contribution in [0.1, 0.15) is 50.5 Å². The van der Waals surface area contributed by atoms with Crippen LogP contribution in [0.25, 0.3) is 6.08 Å². The number of halogens is 1. The lowest BCUT2D eigenvalue weighted by molar-refractivity contribution is -0.109. The third-order valence-corrected chi connectivity index (χ3v) is 5.96. The minimum absolute atomic E-state index is 0.0262. The number of hydrogen-bond acceptors (Lipinski definition) is 5. The van der Waals surface area contributed by atoms with Gasteiger partial charge in [-0.15, -0.1) is 0 Å². The van der Waals surface area contributed by atoms with Crippen molar-refractivity contribution in [3.05, 3.63) is 39.3 Å². The van der Waals surface area contributed by atoms with Gasteiger partial charge in [0.05, 0.1) is 16.8 Å². The number of hydrogen-bond donors (Lipinski definition) is 1. The van der Waals surface area contributed by atoms with Gasteiger partial charge >= 0.3 is 13.1 Å². The molecule has 26 heavy (non-hydrogen) atoms. The Bertz CT molecular complexity index is 744. The number of carboxylic acids is 1. The summed E-state index contributed by atoms with van der Waals surface area (Å²) in [4.78, 5) is 23.0. The molecule has 0 radical (unpaired) electrons. The number of carboxylic acid groups (broad SMARTS) is 1. The van der Waals surface area contributed by atoms with Gasteiger partial charge in [-0.05, 0) is 50.9 Å². The van der Waals surface area contributed by atoms with Crippen molar-refractivity contribution >= 4 is 52.0 Å². The van der Waals surface area contributed by atoms with Gasteiger partial charge in [-0.3, -0.25) is 4.79 Å².